The molecule has 14 aromatic carbocycles. The van der Waals surface area contributed by atoms with Crippen molar-refractivity contribution >= 4 is 49.3 Å². The van der Waals surface area contributed by atoms with Crippen LogP contribution in [0.15, 0.2) is 328 Å². The van der Waals surface area contributed by atoms with Crippen LogP contribution in [0.2, 0.25) is 0 Å². The van der Waals surface area contributed by atoms with Crippen LogP contribution in [0.3, 0.4) is 0 Å². The van der Waals surface area contributed by atoms with Crippen molar-refractivity contribution in [1.29, 1.82) is 10.5 Å². The van der Waals surface area contributed by atoms with Crippen LogP contribution in [-0.2, 0) is 0 Å². The highest BCUT2D eigenvalue weighted by molar-refractivity contribution is 6.14. The molecular weight excluding hydrogens is 1190 g/mol. The predicted molar refractivity (Wildman–Crippen MR) is 399 cm³/mol. The molecule has 0 aliphatic heterocycles. The number of benzene rings is 14. The lowest BCUT2D eigenvalue weighted by Gasteiger charge is -2.18. The Kier molecular flexibility index (Phi) is 14.5. The zero-order valence-electron chi connectivity index (χ0n) is 52.8. The molecule has 0 saturated carbocycles. The lowest BCUT2D eigenvalue weighted by Crippen LogP contribution is -2.03. The number of hydrogen-bond acceptors (Lipinski definition) is 5. The second-order valence-electron chi connectivity index (χ2n) is 24.4. The Bertz CT molecular complexity index is 5630. The second-order valence-corrected chi connectivity index (χ2v) is 24.4. The summed E-state index contributed by atoms with van der Waals surface area (Å²) >= 11 is 0. The van der Waals surface area contributed by atoms with Crippen LogP contribution in [0.1, 0.15) is 11.1 Å². The third-order valence-corrected chi connectivity index (χ3v) is 18.6. The van der Waals surface area contributed by atoms with Crippen molar-refractivity contribution in [2.45, 2.75) is 0 Å². The van der Waals surface area contributed by atoms with Gasteiger partial charge in [-0.15, -0.1) is 0 Å². The lowest BCUT2D eigenvalue weighted by molar-refractivity contribution is 1.07. The quantitative estimate of drug-likeness (QED) is 0.113. The molecule has 98 heavy (non-hydrogen) atoms. The fourth-order valence-corrected chi connectivity index (χ4v) is 13.9. The molecule has 8 heteroatoms. The summed E-state index contributed by atoms with van der Waals surface area (Å²) in [6, 6.07) is 118. The van der Waals surface area contributed by atoms with Gasteiger partial charge in [0.05, 0.1) is 63.3 Å². The van der Waals surface area contributed by atoms with E-state index >= 15 is 0 Å². The van der Waals surface area contributed by atoms with E-state index in [1.54, 1.807) is 6.07 Å². The minimum Gasteiger partial charge on any atom is -0.309 e. The lowest BCUT2D eigenvalue weighted by atomic mass is 9.97. The standard InChI is InChI=1S/C90H54N8/c1-93-73-32-18-31-70(49-73)77-55-72(40-46-83(77)98-86-43-37-66(62-25-10-4-11-26-62)52-80(86)81-53-67(38-44-87(81)98)63-27-12-5-13-28-63)89-94-88(95-90(96-89)75-34-15-14-33-74(75)68-29-16-19-58(47-68)56-91)71-39-45-82(76(54-71)69-30-17-20-59(48-69)57-92)97-84-41-35-64(60-21-6-2-7-22-60)50-78(84)79-51-65(36-42-85(79)97)61-23-8-3-9-24-61/h2-55H. The normalized spacial score (nSPS) is 11.2. The summed E-state index contributed by atoms with van der Waals surface area (Å²) in [5, 5.41) is 25.1. The molecule has 0 unspecified atom stereocenters. The molecule has 0 N–H and O–H groups in total. The largest absolute Gasteiger partial charge is 0.309 e. The van der Waals surface area contributed by atoms with Crippen LogP contribution < -0.4 is 0 Å². The summed E-state index contributed by atoms with van der Waals surface area (Å²) in [6.07, 6.45) is 0. The van der Waals surface area contributed by atoms with E-state index in [1.807, 2.05) is 103 Å². The highest BCUT2D eigenvalue weighted by Crippen LogP contribution is 2.45. The average Bonchev–Trinajstić information content (AvgIpc) is 1.58. The SMILES string of the molecule is [C-]#[N+]c1cccc(-c2cc(-c3nc(-c4ccc(-n5c6ccc(-c7ccccc7)cc6c6cc(-c7ccccc7)ccc65)c(-c5cccc(C#N)c5)c4)nc(-c4ccccc4-c4cccc(C#N)c4)n3)ccc2-n2c3ccc(-c4ccccc4)cc3c3cc(-c4ccccc4)ccc32)c1. The van der Waals surface area contributed by atoms with E-state index in [0.717, 1.165) is 150 Å². The molecular formula is C90H54N8. The zero-order chi connectivity index (χ0) is 65.6. The predicted octanol–water partition coefficient (Wildman–Crippen LogP) is 23.0. The molecule has 0 radical (unpaired) electrons. The smallest absolute Gasteiger partial charge is 0.187 e. The van der Waals surface area contributed by atoms with E-state index in [1.165, 1.54) is 0 Å². The Morgan fingerprint density at radius 2 is 0.582 bits per heavy atom. The Morgan fingerprint density at radius 3 is 0.969 bits per heavy atom. The van der Waals surface area contributed by atoms with Crippen LogP contribution in [0.4, 0.5) is 5.69 Å². The maximum atomic E-state index is 10.5. The Morgan fingerprint density at radius 1 is 0.255 bits per heavy atom. The highest BCUT2D eigenvalue weighted by atomic mass is 15.0. The van der Waals surface area contributed by atoms with Gasteiger partial charge in [0.1, 0.15) is 0 Å². The minimum absolute atomic E-state index is 0.420. The fourth-order valence-electron chi connectivity index (χ4n) is 13.9. The van der Waals surface area contributed by atoms with Crippen molar-refractivity contribution < 1.29 is 0 Å². The molecule has 0 amide bonds. The number of fused-ring (bicyclic) bond motifs is 6. The first-order chi connectivity index (χ1) is 48.4. The van der Waals surface area contributed by atoms with E-state index in [-0.39, 0.29) is 0 Å². The van der Waals surface area contributed by atoms with Crippen molar-refractivity contribution in [2.24, 2.45) is 0 Å². The maximum Gasteiger partial charge on any atom is 0.187 e. The van der Waals surface area contributed by atoms with E-state index in [4.69, 9.17) is 21.5 Å². The zero-order valence-corrected chi connectivity index (χ0v) is 52.8. The van der Waals surface area contributed by atoms with Gasteiger partial charge >= 0.3 is 0 Å². The maximum absolute atomic E-state index is 10.5. The van der Waals surface area contributed by atoms with Crippen LogP contribution >= 0.6 is 0 Å². The van der Waals surface area contributed by atoms with Crippen LogP contribution in [0.25, 0.3) is 172 Å². The molecule has 3 heterocycles. The first-order valence-corrected chi connectivity index (χ1v) is 32.4. The number of hydrogen-bond donors (Lipinski definition) is 0. The van der Waals surface area contributed by atoms with Gasteiger partial charge in [0.2, 0.25) is 0 Å². The average molecular weight is 1250 g/mol. The topological polar surface area (TPSA) is 100 Å². The molecule has 0 bridgehead atoms. The Balaban J connectivity index is 0.899. The van der Waals surface area contributed by atoms with Gasteiger partial charge in [-0.25, -0.2) is 19.8 Å². The van der Waals surface area contributed by atoms with E-state index < -0.39 is 0 Å². The molecule has 454 valence electrons. The first kappa shape index (κ1) is 58.0. The number of rotatable bonds is 12. The van der Waals surface area contributed by atoms with Gasteiger partial charge in [0.25, 0.3) is 0 Å². The molecule has 3 aromatic heterocycles. The fraction of sp³-hybridized carbons (Fsp3) is 0. The summed E-state index contributed by atoms with van der Waals surface area (Å²) < 4.78 is 4.69. The van der Waals surface area contributed by atoms with E-state index in [9.17, 15) is 10.5 Å². The first-order valence-electron chi connectivity index (χ1n) is 32.4. The molecule has 0 atom stereocenters. The number of aromatic nitrogens is 5. The Hall–Kier alpha value is -13.8. The van der Waals surface area contributed by atoms with Gasteiger partial charge in [-0.1, -0.05) is 212 Å². The summed E-state index contributed by atoms with van der Waals surface area (Å²) in [7, 11) is 0. The number of nitrogens with zero attached hydrogens (tertiary/aromatic N) is 8. The number of nitriles is 2. The van der Waals surface area contributed by atoms with Crippen LogP contribution in [0, 0.1) is 29.2 Å². The summed E-state index contributed by atoms with van der Waals surface area (Å²) in [6.45, 7) is 8.23. The van der Waals surface area contributed by atoms with Gasteiger partial charge < -0.3 is 9.13 Å². The molecule has 0 spiro atoms. The van der Waals surface area contributed by atoms with Crippen molar-refractivity contribution in [1.82, 2.24) is 24.1 Å². The van der Waals surface area contributed by atoms with Crippen molar-refractivity contribution in [2.75, 3.05) is 0 Å². The second kappa shape index (κ2) is 24.6. The molecule has 8 nitrogen and oxygen atoms in total. The van der Waals surface area contributed by atoms with E-state index in [0.29, 0.717) is 34.3 Å². The molecule has 0 aliphatic carbocycles. The third kappa shape index (κ3) is 10.5. The molecule has 0 saturated heterocycles. The molecule has 0 fully saturated rings. The Labute approximate surface area is 566 Å². The van der Waals surface area contributed by atoms with Gasteiger partial charge in [-0.2, -0.15) is 10.5 Å². The van der Waals surface area contributed by atoms with Crippen molar-refractivity contribution in [3.05, 3.63) is 350 Å². The monoisotopic (exact) mass is 1250 g/mol. The van der Waals surface area contributed by atoms with Crippen molar-refractivity contribution in [3.63, 3.8) is 0 Å². The van der Waals surface area contributed by atoms with Gasteiger partial charge in [-0.3, -0.25) is 0 Å². The van der Waals surface area contributed by atoms with Crippen LogP contribution in [-0.4, -0.2) is 24.1 Å². The van der Waals surface area contributed by atoms with E-state index in [2.05, 4.69) is 245 Å². The molecule has 17 aromatic rings. The summed E-state index contributed by atoms with van der Waals surface area (Å²) in [5.41, 5.74) is 23.7. The van der Waals surface area contributed by atoms with Gasteiger partial charge in [0.15, 0.2) is 23.2 Å². The van der Waals surface area contributed by atoms with Crippen LogP contribution in [0.5, 0.6) is 0 Å². The molecule has 17 rings (SSSR count). The van der Waals surface area contributed by atoms with Gasteiger partial charge in [0, 0.05) is 49.4 Å². The molecule has 0 aliphatic rings. The van der Waals surface area contributed by atoms with Crippen molar-refractivity contribution in [3.8, 4) is 136 Å². The van der Waals surface area contributed by atoms with Gasteiger partial charge in [-0.05, 0) is 182 Å². The third-order valence-electron chi connectivity index (χ3n) is 18.6. The summed E-state index contributed by atoms with van der Waals surface area (Å²) in [5.74, 6) is 1.27. The highest BCUT2D eigenvalue weighted by Gasteiger charge is 2.24. The summed E-state index contributed by atoms with van der Waals surface area (Å²) in [4.78, 5) is 20.4. The minimum atomic E-state index is 0.420.